The molecule has 1 aromatic carbocycles. The van der Waals surface area contributed by atoms with Crippen molar-refractivity contribution in [3.05, 3.63) is 35.9 Å². The lowest BCUT2D eigenvalue weighted by molar-refractivity contribution is -0.125. The second-order valence-corrected chi connectivity index (χ2v) is 7.09. The molecule has 7 heteroatoms. The molecule has 3 aliphatic heterocycles. The zero-order chi connectivity index (χ0) is 19.0. The van der Waals surface area contributed by atoms with Gasteiger partial charge in [-0.1, -0.05) is 19.6 Å². The summed E-state index contributed by atoms with van der Waals surface area (Å²) in [5.74, 6) is -0.345. The van der Waals surface area contributed by atoms with Crippen molar-refractivity contribution in [3.63, 3.8) is 0 Å². The summed E-state index contributed by atoms with van der Waals surface area (Å²) in [7, 11) is 0. The predicted octanol–water partition coefficient (Wildman–Crippen LogP) is 1.96. The fourth-order valence-corrected chi connectivity index (χ4v) is 3.82. The van der Waals surface area contributed by atoms with Crippen LogP contribution in [0.15, 0.2) is 24.8 Å². The van der Waals surface area contributed by atoms with Gasteiger partial charge in [0.25, 0.3) is 5.91 Å². The average molecular weight is 371 g/mol. The summed E-state index contributed by atoms with van der Waals surface area (Å²) in [4.78, 5) is 27.2. The van der Waals surface area contributed by atoms with Crippen LogP contribution in [0.5, 0.6) is 0 Å². The van der Waals surface area contributed by atoms with Gasteiger partial charge in [-0.25, -0.2) is 0 Å². The van der Waals surface area contributed by atoms with E-state index in [9.17, 15) is 9.59 Å². The SMILES string of the molecule is C=C1c2c(NCCOCCC)cccc2C(=O)N1C1CCC2OC2NC1=O. The number of benzene rings is 1. The van der Waals surface area contributed by atoms with E-state index in [-0.39, 0.29) is 24.1 Å². The Morgan fingerprint density at radius 3 is 3.00 bits per heavy atom. The lowest BCUT2D eigenvalue weighted by Gasteiger charge is -2.27. The van der Waals surface area contributed by atoms with Gasteiger partial charge in [0.2, 0.25) is 5.91 Å². The van der Waals surface area contributed by atoms with E-state index in [1.807, 2.05) is 12.1 Å². The Labute approximate surface area is 158 Å². The van der Waals surface area contributed by atoms with Gasteiger partial charge in [0.05, 0.1) is 12.2 Å². The lowest BCUT2D eigenvalue weighted by atomic mass is 10.1. The first-order valence-electron chi connectivity index (χ1n) is 9.55. The second kappa shape index (κ2) is 7.32. The minimum absolute atomic E-state index is 0.0765. The standard InChI is InChI=1S/C20H25N3O4/c1-3-10-26-11-9-21-14-6-4-5-13-17(14)12(2)23(20(13)25)15-7-8-16-19(27-16)22-18(15)24/h4-6,15-16,19,21H,2-3,7-11H2,1H3,(H,22,24). The van der Waals surface area contributed by atoms with E-state index >= 15 is 0 Å². The molecule has 2 fully saturated rings. The van der Waals surface area contributed by atoms with Gasteiger partial charge in [0.1, 0.15) is 12.1 Å². The Balaban J connectivity index is 1.51. The van der Waals surface area contributed by atoms with E-state index in [1.54, 1.807) is 11.0 Å². The van der Waals surface area contributed by atoms with E-state index in [2.05, 4.69) is 24.1 Å². The summed E-state index contributed by atoms with van der Waals surface area (Å²) < 4.78 is 10.9. The minimum Gasteiger partial charge on any atom is -0.382 e. The van der Waals surface area contributed by atoms with Crippen LogP contribution < -0.4 is 10.6 Å². The number of ether oxygens (including phenoxy) is 2. The van der Waals surface area contributed by atoms with Gasteiger partial charge in [0, 0.05) is 30.1 Å². The molecule has 4 rings (SSSR count). The largest absolute Gasteiger partial charge is 0.382 e. The van der Waals surface area contributed by atoms with Crippen LogP contribution in [-0.4, -0.2) is 54.8 Å². The van der Waals surface area contributed by atoms with Crippen molar-refractivity contribution in [2.24, 2.45) is 0 Å². The number of carbonyl (C=O) groups is 2. The summed E-state index contributed by atoms with van der Waals surface area (Å²) in [5, 5.41) is 6.18. The van der Waals surface area contributed by atoms with Crippen LogP contribution >= 0.6 is 0 Å². The predicted molar refractivity (Wildman–Crippen MR) is 101 cm³/mol. The van der Waals surface area contributed by atoms with Crippen LogP contribution in [-0.2, 0) is 14.3 Å². The third-order valence-corrected chi connectivity index (χ3v) is 5.21. The first-order valence-corrected chi connectivity index (χ1v) is 9.55. The molecular weight excluding hydrogens is 346 g/mol. The van der Waals surface area contributed by atoms with E-state index in [0.717, 1.165) is 30.7 Å². The fourth-order valence-electron chi connectivity index (χ4n) is 3.82. The Morgan fingerprint density at radius 1 is 1.33 bits per heavy atom. The van der Waals surface area contributed by atoms with Crippen LogP contribution in [0.25, 0.3) is 5.70 Å². The van der Waals surface area contributed by atoms with Gasteiger partial charge in [-0.15, -0.1) is 0 Å². The van der Waals surface area contributed by atoms with Crippen LogP contribution in [0.1, 0.15) is 42.1 Å². The Morgan fingerprint density at radius 2 is 2.19 bits per heavy atom. The molecule has 0 saturated carbocycles. The van der Waals surface area contributed by atoms with Gasteiger partial charge in [0.15, 0.2) is 6.23 Å². The van der Waals surface area contributed by atoms with Crippen LogP contribution in [0, 0.1) is 0 Å². The molecule has 2 N–H and O–H groups in total. The van der Waals surface area contributed by atoms with E-state index in [1.165, 1.54) is 0 Å². The lowest BCUT2D eigenvalue weighted by Crippen LogP contribution is -2.46. The molecule has 2 amide bonds. The number of carbonyl (C=O) groups excluding carboxylic acids is 2. The molecule has 2 saturated heterocycles. The first-order chi connectivity index (χ1) is 13.1. The van der Waals surface area contributed by atoms with Crippen LogP contribution in [0.4, 0.5) is 5.69 Å². The Bertz CT molecular complexity index is 778. The molecule has 3 heterocycles. The zero-order valence-corrected chi connectivity index (χ0v) is 15.5. The number of amides is 2. The number of fused-ring (bicyclic) bond motifs is 2. The highest BCUT2D eigenvalue weighted by Crippen LogP contribution is 2.40. The number of nitrogens with zero attached hydrogens (tertiary/aromatic N) is 1. The number of nitrogens with one attached hydrogen (secondary N) is 2. The fraction of sp³-hybridized carbons (Fsp3) is 0.500. The first kappa shape index (κ1) is 18.0. The van der Waals surface area contributed by atoms with E-state index in [0.29, 0.717) is 30.8 Å². The number of hydrogen-bond donors (Lipinski definition) is 2. The molecular formula is C20H25N3O4. The van der Waals surface area contributed by atoms with Gasteiger partial charge in [-0.2, -0.15) is 0 Å². The Kier molecular flexibility index (Phi) is 4.88. The molecule has 3 atom stereocenters. The van der Waals surface area contributed by atoms with Gasteiger partial charge in [-0.05, 0) is 31.4 Å². The molecule has 144 valence electrons. The third kappa shape index (κ3) is 3.33. The molecule has 1 aromatic rings. The summed E-state index contributed by atoms with van der Waals surface area (Å²) in [6.45, 7) is 8.18. The average Bonchev–Trinajstić information content (AvgIpc) is 3.37. The molecule has 0 bridgehead atoms. The highest BCUT2D eigenvalue weighted by Gasteiger charge is 2.48. The smallest absolute Gasteiger partial charge is 0.259 e. The zero-order valence-electron chi connectivity index (χ0n) is 15.5. The van der Waals surface area contributed by atoms with E-state index in [4.69, 9.17) is 9.47 Å². The highest BCUT2D eigenvalue weighted by molar-refractivity contribution is 6.13. The van der Waals surface area contributed by atoms with Gasteiger partial charge < -0.3 is 20.1 Å². The van der Waals surface area contributed by atoms with Crippen molar-refractivity contribution in [1.82, 2.24) is 10.2 Å². The quantitative estimate of drug-likeness (QED) is 0.565. The summed E-state index contributed by atoms with van der Waals surface area (Å²) in [6, 6.07) is 5.02. The number of rotatable bonds is 7. The third-order valence-electron chi connectivity index (χ3n) is 5.21. The highest BCUT2D eigenvalue weighted by atomic mass is 16.6. The topological polar surface area (TPSA) is 83.2 Å². The van der Waals surface area contributed by atoms with Crippen LogP contribution in [0.2, 0.25) is 0 Å². The molecule has 0 aromatic heterocycles. The number of anilines is 1. The van der Waals surface area contributed by atoms with Gasteiger partial charge >= 0.3 is 0 Å². The molecule has 3 unspecified atom stereocenters. The van der Waals surface area contributed by atoms with Gasteiger partial charge in [-0.3, -0.25) is 14.5 Å². The normalized spacial score (nSPS) is 26.3. The molecule has 0 spiro atoms. The van der Waals surface area contributed by atoms with Crippen molar-refractivity contribution in [2.45, 2.75) is 44.6 Å². The molecule has 27 heavy (non-hydrogen) atoms. The summed E-state index contributed by atoms with van der Waals surface area (Å²) >= 11 is 0. The minimum atomic E-state index is -0.547. The maximum absolute atomic E-state index is 13.0. The summed E-state index contributed by atoms with van der Waals surface area (Å²) in [5.41, 5.74) is 2.77. The van der Waals surface area contributed by atoms with Crippen molar-refractivity contribution < 1.29 is 19.1 Å². The maximum atomic E-state index is 13.0. The second-order valence-electron chi connectivity index (χ2n) is 7.09. The van der Waals surface area contributed by atoms with Crippen LogP contribution in [0.3, 0.4) is 0 Å². The molecule has 3 aliphatic rings. The van der Waals surface area contributed by atoms with Crippen molar-refractivity contribution in [3.8, 4) is 0 Å². The summed E-state index contributed by atoms with van der Waals surface area (Å²) in [6.07, 6.45) is 2.18. The number of hydrogen-bond acceptors (Lipinski definition) is 5. The Hall–Kier alpha value is -2.38. The van der Waals surface area contributed by atoms with Crippen molar-refractivity contribution >= 4 is 23.2 Å². The molecule has 0 radical (unpaired) electrons. The van der Waals surface area contributed by atoms with E-state index < -0.39 is 6.04 Å². The van der Waals surface area contributed by atoms with Crippen molar-refractivity contribution in [1.29, 1.82) is 0 Å². The molecule has 7 nitrogen and oxygen atoms in total. The maximum Gasteiger partial charge on any atom is 0.259 e. The monoisotopic (exact) mass is 371 g/mol. The molecule has 0 aliphatic carbocycles. The van der Waals surface area contributed by atoms with Crippen molar-refractivity contribution in [2.75, 3.05) is 25.1 Å². The number of epoxide rings is 1.